The lowest BCUT2D eigenvalue weighted by atomic mass is 9.82. The topological polar surface area (TPSA) is 156 Å². The largest absolute Gasteiger partial charge is 0.484 e. The lowest BCUT2D eigenvalue weighted by molar-refractivity contribution is -0.153. The number of hydrogen-bond acceptors (Lipinski definition) is 8. The van der Waals surface area contributed by atoms with Gasteiger partial charge in [0.15, 0.2) is 12.4 Å². The van der Waals surface area contributed by atoms with Crippen molar-refractivity contribution in [3.05, 3.63) is 101 Å². The monoisotopic (exact) mass is 622 g/mol. The fourth-order valence-corrected chi connectivity index (χ4v) is 6.49. The van der Waals surface area contributed by atoms with Crippen molar-refractivity contribution >= 4 is 21.8 Å². The van der Waals surface area contributed by atoms with E-state index in [0.717, 1.165) is 4.68 Å². The van der Waals surface area contributed by atoms with Gasteiger partial charge in [-0.1, -0.05) is 24.3 Å². The van der Waals surface area contributed by atoms with E-state index < -0.39 is 40.2 Å². The summed E-state index contributed by atoms with van der Waals surface area (Å²) in [4.78, 5) is 31.3. The van der Waals surface area contributed by atoms with E-state index >= 15 is 0 Å². The molecule has 1 aliphatic heterocycles. The number of aromatic nitrogens is 3. The van der Waals surface area contributed by atoms with E-state index in [0.29, 0.717) is 24.0 Å². The van der Waals surface area contributed by atoms with Gasteiger partial charge in [-0.2, -0.15) is 23.5 Å². The molecule has 0 bridgehead atoms. The number of ether oxygens (including phenoxy) is 1. The van der Waals surface area contributed by atoms with Gasteiger partial charge >= 0.3 is 6.18 Å². The number of nitriles is 1. The van der Waals surface area contributed by atoms with Crippen LogP contribution in [0, 0.1) is 11.3 Å². The summed E-state index contributed by atoms with van der Waals surface area (Å²) in [5.74, 6) is -1.73. The Labute approximate surface area is 248 Å². The third-order valence-corrected chi connectivity index (χ3v) is 8.76. The number of amides is 2. The second kappa shape index (κ2) is 10.5. The Kier molecular flexibility index (Phi) is 6.88. The quantitative estimate of drug-likeness (QED) is 0.332. The lowest BCUT2D eigenvalue weighted by Crippen LogP contribution is -2.50. The maximum atomic E-state index is 13.7. The number of aryl methyl sites for hydroxylation is 1. The third-order valence-electron chi connectivity index (χ3n) is 7.41. The van der Waals surface area contributed by atoms with Crippen LogP contribution >= 0.6 is 0 Å². The first-order chi connectivity index (χ1) is 20.9. The maximum absolute atomic E-state index is 13.7. The third kappa shape index (κ3) is 5.24. The molecule has 2 aromatic carbocycles. The van der Waals surface area contributed by atoms with Crippen LogP contribution in [0.15, 0.2) is 71.8 Å². The van der Waals surface area contributed by atoms with E-state index in [-0.39, 0.29) is 45.4 Å². The van der Waals surface area contributed by atoms with Crippen molar-refractivity contribution in [1.82, 2.24) is 24.8 Å². The lowest BCUT2D eigenvalue weighted by Gasteiger charge is -2.35. The number of hydrogen-bond donors (Lipinski definition) is 2. The van der Waals surface area contributed by atoms with E-state index in [9.17, 15) is 36.4 Å². The van der Waals surface area contributed by atoms with Crippen molar-refractivity contribution in [2.45, 2.75) is 35.9 Å². The summed E-state index contributed by atoms with van der Waals surface area (Å²) in [6.45, 7) is -1.44. The number of rotatable bonds is 6. The average molecular weight is 623 g/mol. The Morgan fingerprint density at radius 3 is 2.61 bits per heavy atom. The van der Waals surface area contributed by atoms with Gasteiger partial charge in [0.05, 0.1) is 27.3 Å². The van der Waals surface area contributed by atoms with Crippen molar-refractivity contribution in [3.63, 3.8) is 0 Å². The molecule has 11 nitrogen and oxygen atoms in total. The molecular formula is C29H21F3N6O5S. The molecule has 2 N–H and O–H groups in total. The molecule has 1 aliphatic carbocycles. The standard InChI is InChI=1S/C29H21F3N6O5S/c30-29(31,32)16-43-19-7-8-21-18(12-19)10-11-28(21)13-22-24(26(39)35-28)25(38(36-22)23-9-6-17(14-33)15-34-23)27(40)37-44(41,42)20-4-2-1-3-5-20/h1-9,12,15H,10-11,13,16H2,(H,35,39)(H,37,40)/t28-/m0/s1. The number of carbonyl (C=O) groups is 2. The highest BCUT2D eigenvalue weighted by molar-refractivity contribution is 7.90. The zero-order valence-corrected chi connectivity index (χ0v) is 23.4. The molecular weight excluding hydrogens is 601 g/mol. The molecule has 15 heteroatoms. The van der Waals surface area contributed by atoms with E-state index in [1.54, 1.807) is 12.1 Å². The Morgan fingerprint density at radius 1 is 1.16 bits per heavy atom. The van der Waals surface area contributed by atoms with Crippen LogP contribution in [0.3, 0.4) is 0 Å². The molecule has 4 aromatic rings. The molecule has 2 aliphatic rings. The summed E-state index contributed by atoms with van der Waals surface area (Å²) in [5, 5.41) is 16.6. The van der Waals surface area contributed by atoms with Gasteiger partial charge < -0.3 is 10.1 Å². The van der Waals surface area contributed by atoms with Gasteiger partial charge in [-0.05, 0) is 60.4 Å². The Balaban J connectivity index is 1.40. The van der Waals surface area contributed by atoms with Crippen LogP contribution in [-0.4, -0.2) is 47.8 Å². The van der Waals surface area contributed by atoms with Crippen molar-refractivity contribution in [1.29, 1.82) is 5.26 Å². The molecule has 1 spiro atoms. The number of pyridine rings is 1. The number of carbonyl (C=O) groups excluding carboxylic acids is 2. The number of nitrogens with zero attached hydrogens (tertiary/aromatic N) is 4. The van der Waals surface area contributed by atoms with Crippen LogP contribution in [0.5, 0.6) is 5.75 Å². The van der Waals surface area contributed by atoms with Gasteiger partial charge in [-0.25, -0.2) is 22.8 Å². The molecule has 224 valence electrons. The van der Waals surface area contributed by atoms with Gasteiger partial charge in [0, 0.05) is 12.6 Å². The molecule has 0 saturated heterocycles. The number of halogens is 3. The Bertz CT molecular complexity index is 1950. The molecule has 0 fully saturated rings. The van der Waals surface area contributed by atoms with Crippen molar-refractivity contribution < 1.29 is 35.9 Å². The molecule has 3 heterocycles. The number of nitrogens with one attached hydrogen (secondary N) is 2. The first-order valence-corrected chi connectivity index (χ1v) is 14.6. The van der Waals surface area contributed by atoms with E-state index in [2.05, 4.69) is 15.4 Å². The van der Waals surface area contributed by atoms with Crippen molar-refractivity contribution in [2.24, 2.45) is 0 Å². The van der Waals surface area contributed by atoms with E-state index in [4.69, 9.17) is 4.74 Å². The Hall–Kier alpha value is -5.23. The smallest absolute Gasteiger partial charge is 0.422 e. The molecule has 0 saturated carbocycles. The summed E-state index contributed by atoms with van der Waals surface area (Å²) in [7, 11) is -4.34. The van der Waals surface area contributed by atoms with Crippen LogP contribution in [0.2, 0.25) is 0 Å². The average Bonchev–Trinajstić information content (AvgIpc) is 3.55. The first-order valence-electron chi connectivity index (χ1n) is 13.2. The molecule has 0 unspecified atom stereocenters. The van der Waals surface area contributed by atoms with Gasteiger partial charge in [-0.3, -0.25) is 9.59 Å². The van der Waals surface area contributed by atoms with Crippen molar-refractivity contribution in [3.8, 4) is 17.6 Å². The number of benzene rings is 2. The zero-order chi connectivity index (χ0) is 31.3. The summed E-state index contributed by atoms with van der Waals surface area (Å²) in [6.07, 6.45) is -2.34. The minimum atomic E-state index is -4.50. The van der Waals surface area contributed by atoms with Gasteiger partial charge in [0.1, 0.15) is 17.5 Å². The molecule has 2 amide bonds. The second-order valence-corrected chi connectivity index (χ2v) is 12.0. The highest BCUT2D eigenvalue weighted by atomic mass is 32.2. The predicted octanol–water partition coefficient (Wildman–Crippen LogP) is 3.33. The normalized spacial score (nSPS) is 17.4. The fraction of sp³-hybridized carbons (Fsp3) is 0.207. The minimum absolute atomic E-state index is 0.0377. The van der Waals surface area contributed by atoms with Crippen LogP contribution in [-0.2, 0) is 28.4 Å². The summed E-state index contributed by atoms with van der Waals surface area (Å²) in [5.41, 5.74) is 0.254. The number of alkyl halides is 3. The second-order valence-electron chi connectivity index (χ2n) is 10.3. The van der Waals surface area contributed by atoms with Gasteiger partial charge in [-0.15, -0.1) is 0 Å². The molecule has 2 aromatic heterocycles. The van der Waals surface area contributed by atoms with Crippen LogP contribution < -0.4 is 14.8 Å². The minimum Gasteiger partial charge on any atom is -0.484 e. The van der Waals surface area contributed by atoms with E-state index in [1.807, 2.05) is 10.8 Å². The summed E-state index contributed by atoms with van der Waals surface area (Å²) < 4.78 is 71.9. The number of sulfonamides is 1. The predicted molar refractivity (Wildman–Crippen MR) is 146 cm³/mol. The van der Waals surface area contributed by atoms with E-state index in [1.165, 1.54) is 54.7 Å². The van der Waals surface area contributed by atoms with Gasteiger partial charge in [0.2, 0.25) is 0 Å². The highest BCUT2D eigenvalue weighted by Crippen LogP contribution is 2.44. The maximum Gasteiger partial charge on any atom is 0.422 e. The molecule has 44 heavy (non-hydrogen) atoms. The van der Waals surface area contributed by atoms with Crippen LogP contribution in [0.1, 0.15) is 49.7 Å². The molecule has 1 atom stereocenters. The number of fused-ring (bicyclic) bond motifs is 3. The SMILES string of the molecule is N#Cc1ccc(-n2nc3c(c2C(=O)NS(=O)(=O)c2ccccc2)C(=O)N[C@@]2(CCc4cc(OCC(F)(F)F)ccc42)C3)nc1. The van der Waals surface area contributed by atoms with Crippen LogP contribution in [0.4, 0.5) is 13.2 Å². The van der Waals surface area contributed by atoms with Crippen molar-refractivity contribution in [2.75, 3.05) is 6.61 Å². The summed E-state index contributed by atoms with van der Waals surface area (Å²) >= 11 is 0. The van der Waals surface area contributed by atoms with Crippen LogP contribution in [0.25, 0.3) is 5.82 Å². The highest BCUT2D eigenvalue weighted by Gasteiger charge is 2.47. The Morgan fingerprint density at radius 2 is 1.93 bits per heavy atom. The van der Waals surface area contributed by atoms with Gasteiger partial charge in [0.25, 0.3) is 21.8 Å². The summed E-state index contributed by atoms with van der Waals surface area (Å²) in [6, 6.07) is 16.5. The fourth-order valence-electron chi connectivity index (χ4n) is 5.51. The zero-order valence-electron chi connectivity index (χ0n) is 22.6. The molecule has 6 rings (SSSR count). The molecule has 0 radical (unpaired) electrons. The first kappa shape index (κ1) is 28.9.